The van der Waals surface area contributed by atoms with Crippen LogP contribution in [0.25, 0.3) is 0 Å². The van der Waals surface area contributed by atoms with Gasteiger partial charge in [0.05, 0.1) is 0 Å². The Balaban J connectivity index is 1.67. The molecule has 2 aliphatic heterocycles. The zero-order chi connectivity index (χ0) is 14.7. The zero-order valence-corrected chi connectivity index (χ0v) is 13.5. The number of nitrogens with zero attached hydrogens (tertiary/aromatic N) is 2. The monoisotopic (exact) mass is 287 g/mol. The van der Waals surface area contributed by atoms with Crippen LogP contribution in [0.1, 0.15) is 39.5 Å². The Morgan fingerprint density at radius 3 is 1.67 bits per heavy atom. The van der Waals surface area contributed by atoms with Crippen molar-refractivity contribution in [3.05, 3.63) is 24.3 Å². The fourth-order valence-electron chi connectivity index (χ4n) is 3.57. The third kappa shape index (κ3) is 3.70. The van der Waals surface area contributed by atoms with Gasteiger partial charge in [0.15, 0.2) is 0 Å². The normalized spacial score (nSPS) is 27.5. The Kier molecular flexibility index (Phi) is 4.69. The average molecular weight is 287 g/mol. The quantitative estimate of drug-likeness (QED) is 0.901. The van der Waals surface area contributed by atoms with Gasteiger partial charge in [0.2, 0.25) is 0 Å². The van der Waals surface area contributed by atoms with Crippen molar-refractivity contribution >= 4 is 11.4 Å². The number of benzene rings is 1. The van der Waals surface area contributed by atoms with E-state index in [4.69, 9.17) is 0 Å². The van der Waals surface area contributed by atoms with Crippen LogP contribution in [0, 0.1) is 0 Å². The van der Waals surface area contributed by atoms with Gasteiger partial charge in [-0.15, -0.1) is 0 Å². The molecule has 2 fully saturated rings. The third-order valence-electron chi connectivity index (χ3n) is 4.92. The van der Waals surface area contributed by atoms with E-state index in [9.17, 15) is 0 Å². The van der Waals surface area contributed by atoms with E-state index in [1.54, 1.807) is 0 Å². The lowest BCUT2D eigenvalue weighted by Crippen LogP contribution is -2.43. The second-order valence-electron chi connectivity index (χ2n) is 6.74. The summed E-state index contributed by atoms with van der Waals surface area (Å²) in [6, 6.07) is 10.5. The zero-order valence-electron chi connectivity index (χ0n) is 13.5. The van der Waals surface area contributed by atoms with Gasteiger partial charge in [-0.2, -0.15) is 0 Å². The van der Waals surface area contributed by atoms with Crippen molar-refractivity contribution in [2.45, 2.75) is 51.6 Å². The fraction of sp³-hybridized carbons (Fsp3) is 0.667. The minimum absolute atomic E-state index is 0.617. The number of nitrogens with one attached hydrogen (secondary N) is 1. The Bertz CT molecular complexity index is 424. The van der Waals surface area contributed by atoms with Gasteiger partial charge >= 0.3 is 0 Å². The highest BCUT2D eigenvalue weighted by atomic mass is 15.2. The van der Waals surface area contributed by atoms with E-state index in [0.29, 0.717) is 12.1 Å². The van der Waals surface area contributed by atoms with Crippen molar-refractivity contribution in [1.82, 2.24) is 5.32 Å². The molecule has 0 spiro atoms. The first-order chi connectivity index (χ1) is 10.2. The first-order valence-electron chi connectivity index (χ1n) is 8.58. The van der Waals surface area contributed by atoms with Crippen molar-refractivity contribution < 1.29 is 0 Å². The van der Waals surface area contributed by atoms with E-state index in [-0.39, 0.29) is 0 Å². The van der Waals surface area contributed by atoms with E-state index in [2.05, 4.69) is 53.2 Å². The number of hydrogen-bond acceptors (Lipinski definition) is 3. The van der Waals surface area contributed by atoms with Crippen molar-refractivity contribution in [2.24, 2.45) is 0 Å². The van der Waals surface area contributed by atoms with Gasteiger partial charge in [0.25, 0.3) is 0 Å². The van der Waals surface area contributed by atoms with Crippen molar-refractivity contribution in [1.29, 1.82) is 0 Å². The molecule has 3 heteroatoms. The Labute approximate surface area is 129 Å². The summed E-state index contributed by atoms with van der Waals surface area (Å²) in [5.41, 5.74) is 2.78. The molecule has 2 heterocycles. The first kappa shape index (κ1) is 14.7. The minimum Gasteiger partial charge on any atom is -0.372 e. The lowest BCUT2D eigenvalue weighted by Gasteiger charge is -2.32. The van der Waals surface area contributed by atoms with E-state index in [0.717, 1.165) is 13.1 Å². The molecular weight excluding hydrogens is 258 g/mol. The highest BCUT2D eigenvalue weighted by Gasteiger charge is 2.17. The van der Waals surface area contributed by atoms with Crippen molar-refractivity contribution in [2.75, 3.05) is 36.0 Å². The molecule has 3 nitrogen and oxygen atoms in total. The Morgan fingerprint density at radius 2 is 1.19 bits per heavy atom. The van der Waals surface area contributed by atoms with E-state index in [1.807, 2.05) is 0 Å². The van der Waals surface area contributed by atoms with Gasteiger partial charge in [-0.1, -0.05) is 0 Å². The van der Waals surface area contributed by atoms with E-state index < -0.39 is 0 Å². The largest absolute Gasteiger partial charge is 0.372 e. The summed E-state index contributed by atoms with van der Waals surface area (Å²) in [5, 5.41) is 3.67. The van der Waals surface area contributed by atoms with Gasteiger partial charge in [-0.25, -0.2) is 0 Å². The fourth-order valence-corrected chi connectivity index (χ4v) is 3.57. The highest BCUT2D eigenvalue weighted by Crippen LogP contribution is 2.24. The van der Waals surface area contributed by atoms with E-state index >= 15 is 0 Å². The van der Waals surface area contributed by atoms with Gasteiger partial charge in [-0.05, 0) is 63.8 Å². The first-order valence-corrected chi connectivity index (χ1v) is 8.58. The van der Waals surface area contributed by atoms with Gasteiger partial charge in [-0.3, -0.25) is 0 Å². The Hall–Kier alpha value is -1.22. The molecule has 0 bridgehead atoms. The van der Waals surface area contributed by atoms with Crippen LogP contribution in [0.2, 0.25) is 0 Å². The summed E-state index contributed by atoms with van der Waals surface area (Å²) < 4.78 is 0. The summed E-state index contributed by atoms with van der Waals surface area (Å²) in [4.78, 5) is 5.06. The van der Waals surface area contributed by atoms with Crippen LogP contribution in [-0.2, 0) is 0 Å². The van der Waals surface area contributed by atoms with Crippen molar-refractivity contribution in [3.8, 4) is 0 Å². The maximum Gasteiger partial charge on any atom is 0.0367 e. The maximum absolute atomic E-state index is 3.67. The van der Waals surface area contributed by atoms with Crippen LogP contribution in [0.5, 0.6) is 0 Å². The summed E-state index contributed by atoms with van der Waals surface area (Å²) in [6.07, 6.45) is 5.13. The summed E-state index contributed by atoms with van der Waals surface area (Å²) in [7, 11) is 0. The smallest absolute Gasteiger partial charge is 0.0367 e. The molecule has 2 unspecified atom stereocenters. The van der Waals surface area contributed by atoms with E-state index in [1.165, 1.54) is 50.1 Å². The van der Waals surface area contributed by atoms with Gasteiger partial charge < -0.3 is 15.1 Å². The summed E-state index contributed by atoms with van der Waals surface area (Å²) >= 11 is 0. The molecule has 116 valence electrons. The molecular formula is C18H29N3. The Morgan fingerprint density at radius 1 is 0.762 bits per heavy atom. The SMILES string of the molecule is CC1CCN(c2ccc(N3CCCC3)cc2)CCC(C)N1. The molecule has 0 radical (unpaired) electrons. The van der Waals surface area contributed by atoms with Gasteiger partial charge in [0, 0.05) is 49.6 Å². The summed E-state index contributed by atoms with van der Waals surface area (Å²) in [5.74, 6) is 0. The molecule has 3 rings (SSSR count). The molecule has 1 aromatic rings. The highest BCUT2D eigenvalue weighted by molar-refractivity contribution is 5.56. The minimum atomic E-state index is 0.617. The molecule has 0 amide bonds. The third-order valence-corrected chi connectivity index (χ3v) is 4.92. The average Bonchev–Trinajstić information content (AvgIpc) is 3.00. The standard InChI is InChI=1S/C18H29N3/c1-15-9-13-21(14-10-16(2)19-15)18-7-5-17(6-8-18)20-11-3-4-12-20/h5-8,15-16,19H,3-4,9-14H2,1-2H3. The maximum atomic E-state index is 3.67. The van der Waals surface area contributed by atoms with Crippen LogP contribution in [0.3, 0.4) is 0 Å². The number of hydrogen-bond donors (Lipinski definition) is 1. The topological polar surface area (TPSA) is 18.5 Å². The number of rotatable bonds is 2. The lowest BCUT2D eigenvalue weighted by atomic mass is 10.1. The molecule has 0 aliphatic carbocycles. The van der Waals surface area contributed by atoms with Crippen LogP contribution in [0.4, 0.5) is 11.4 Å². The van der Waals surface area contributed by atoms with Crippen molar-refractivity contribution in [3.63, 3.8) is 0 Å². The second-order valence-corrected chi connectivity index (χ2v) is 6.74. The van der Waals surface area contributed by atoms with Crippen LogP contribution in [0.15, 0.2) is 24.3 Å². The number of anilines is 2. The molecule has 0 aromatic heterocycles. The second kappa shape index (κ2) is 6.69. The predicted octanol–water partition coefficient (Wildman–Crippen LogP) is 3.25. The molecule has 2 aliphatic rings. The van der Waals surface area contributed by atoms with Crippen LogP contribution < -0.4 is 15.1 Å². The molecule has 1 N–H and O–H groups in total. The van der Waals surface area contributed by atoms with Gasteiger partial charge in [0.1, 0.15) is 0 Å². The predicted molar refractivity (Wildman–Crippen MR) is 91.4 cm³/mol. The van der Waals surface area contributed by atoms with Crippen LogP contribution in [-0.4, -0.2) is 38.3 Å². The lowest BCUT2D eigenvalue weighted by molar-refractivity contribution is 0.404. The molecule has 2 saturated heterocycles. The molecule has 21 heavy (non-hydrogen) atoms. The molecule has 2 atom stereocenters. The van der Waals surface area contributed by atoms with Crippen LogP contribution >= 0.6 is 0 Å². The molecule has 1 aromatic carbocycles. The summed E-state index contributed by atoms with van der Waals surface area (Å²) in [6.45, 7) is 9.37. The molecule has 0 saturated carbocycles.